The number of hydrogen-bond acceptors (Lipinski definition) is 3. The molecule has 0 bridgehead atoms. The topological polar surface area (TPSA) is 53.5 Å². The Morgan fingerprint density at radius 3 is 2.47 bits per heavy atom. The first-order valence-electron chi connectivity index (χ1n) is 5.84. The summed E-state index contributed by atoms with van der Waals surface area (Å²) in [6.07, 6.45) is 0. The average Bonchev–Trinajstić information content (AvgIpc) is 2.98. The Morgan fingerprint density at radius 1 is 1.21 bits per heavy atom. The van der Waals surface area contributed by atoms with E-state index < -0.39 is 0 Å². The third-order valence-corrected chi connectivity index (χ3v) is 3.49. The molecule has 19 heavy (non-hydrogen) atoms. The SMILES string of the molecule is CN=C(Nc1ccc(C(=O)NC)cc1)c1cccs1. The highest BCUT2D eigenvalue weighted by atomic mass is 32.1. The maximum atomic E-state index is 11.4. The molecule has 0 saturated carbocycles. The fraction of sp³-hybridized carbons (Fsp3) is 0.143. The van der Waals surface area contributed by atoms with E-state index in [1.165, 1.54) is 0 Å². The molecule has 0 spiro atoms. The van der Waals surface area contributed by atoms with Crippen LogP contribution in [0.15, 0.2) is 46.8 Å². The molecule has 1 aromatic carbocycles. The lowest BCUT2D eigenvalue weighted by Gasteiger charge is -2.08. The van der Waals surface area contributed by atoms with Crippen LogP contribution < -0.4 is 10.6 Å². The quantitative estimate of drug-likeness (QED) is 0.667. The number of carbonyl (C=O) groups excluding carboxylic acids is 1. The van der Waals surface area contributed by atoms with Gasteiger partial charge in [0.2, 0.25) is 0 Å². The van der Waals surface area contributed by atoms with Crippen LogP contribution >= 0.6 is 11.3 Å². The second-order valence-electron chi connectivity index (χ2n) is 3.83. The van der Waals surface area contributed by atoms with Crippen LogP contribution in [-0.2, 0) is 0 Å². The van der Waals surface area contributed by atoms with Crippen LogP contribution in [0.2, 0.25) is 0 Å². The lowest BCUT2D eigenvalue weighted by atomic mass is 10.2. The van der Waals surface area contributed by atoms with Crippen LogP contribution in [0.4, 0.5) is 5.69 Å². The maximum absolute atomic E-state index is 11.4. The number of hydrogen-bond donors (Lipinski definition) is 2. The van der Waals surface area contributed by atoms with Crippen LogP contribution in [-0.4, -0.2) is 25.8 Å². The highest BCUT2D eigenvalue weighted by Gasteiger charge is 2.06. The van der Waals surface area contributed by atoms with Gasteiger partial charge in [-0.1, -0.05) is 6.07 Å². The van der Waals surface area contributed by atoms with Gasteiger partial charge in [0.05, 0.1) is 4.88 Å². The molecule has 0 unspecified atom stereocenters. The first kappa shape index (κ1) is 13.3. The van der Waals surface area contributed by atoms with E-state index in [9.17, 15) is 4.79 Å². The standard InChI is InChI=1S/C14H15N3OS/c1-15-13(12-4-3-9-19-12)17-11-7-5-10(6-8-11)14(18)16-2/h3-9H,1-2H3,(H,15,17)(H,16,18). The van der Waals surface area contributed by atoms with E-state index in [1.54, 1.807) is 37.6 Å². The van der Waals surface area contributed by atoms with Crippen molar-refractivity contribution in [1.82, 2.24) is 5.32 Å². The normalized spacial score (nSPS) is 11.2. The molecule has 1 amide bonds. The molecule has 0 aliphatic rings. The number of thiophene rings is 1. The van der Waals surface area contributed by atoms with Crippen molar-refractivity contribution in [3.8, 4) is 0 Å². The number of aliphatic imine (C=N–C) groups is 1. The van der Waals surface area contributed by atoms with Gasteiger partial charge in [-0.2, -0.15) is 0 Å². The van der Waals surface area contributed by atoms with Crippen LogP contribution in [0.3, 0.4) is 0 Å². The molecule has 4 nitrogen and oxygen atoms in total. The predicted octanol–water partition coefficient (Wildman–Crippen LogP) is 2.60. The molecule has 5 heteroatoms. The van der Waals surface area contributed by atoms with Crippen molar-refractivity contribution >= 4 is 28.8 Å². The number of nitrogens with zero attached hydrogens (tertiary/aromatic N) is 1. The van der Waals surface area contributed by atoms with Gasteiger partial charge in [-0.15, -0.1) is 11.3 Å². The molecule has 0 saturated heterocycles. The second kappa shape index (κ2) is 6.15. The summed E-state index contributed by atoms with van der Waals surface area (Å²) in [7, 11) is 3.37. The zero-order valence-corrected chi connectivity index (χ0v) is 11.6. The lowest BCUT2D eigenvalue weighted by molar-refractivity contribution is 0.0963. The summed E-state index contributed by atoms with van der Waals surface area (Å²) in [6, 6.07) is 11.3. The Morgan fingerprint density at radius 2 is 1.95 bits per heavy atom. The van der Waals surface area contributed by atoms with Gasteiger partial charge in [0, 0.05) is 25.3 Å². The van der Waals surface area contributed by atoms with Gasteiger partial charge >= 0.3 is 0 Å². The molecule has 1 heterocycles. The van der Waals surface area contributed by atoms with Crippen molar-refractivity contribution < 1.29 is 4.79 Å². The summed E-state index contributed by atoms with van der Waals surface area (Å²) in [6.45, 7) is 0. The van der Waals surface area contributed by atoms with Gasteiger partial charge in [-0.05, 0) is 35.7 Å². The number of nitrogens with one attached hydrogen (secondary N) is 2. The van der Waals surface area contributed by atoms with E-state index >= 15 is 0 Å². The summed E-state index contributed by atoms with van der Waals surface area (Å²) in [5, 5.41) is 7.85. The highest BCUT2D eigenvalue weighted by Crippen LogP contribution is 2.14. The monoisotopic (exact) mass is 273 g/mol. The largest absolute Gasteiger partial charge is 0.355 e. The summed E-state index contributed by atoms with van der Waals surface area (Å²) in [5.41, 5.74) is 1.54. The van der Waals surface area contributed by atoms with Gasteiger partial charge < -0.3 is 10.6 Å². The third-order valence-electron chi connectivity index (χ3n) is 2.62. The predicted molar refractivity (Wildman–Crippen MR) is 80.2 cm³/mol. The van der Waals surface area contributed by atoms with E-state index in [0.717, 1.165) is 16.4 Å². The number of rotatable bonds is 3. The average molecular weight is 273 g/mol. The van der Waals surface area contributed by atoms with E-state index in [4.69, 9.17) is 0 Å². The Labute approximate surface area is 116 Å². The summed E-state index contributed by atoms with van der Waals surface area (Å²) >= 11 is 1.63. The van der Waals surface area contributed by atoms with Crippen LogP contribution in [0, 0.1) is 0 Å². The minimum atomic E-state index is -0.0887. The smallest absolute Gasteiger partial charge is 0.251 e. The first-order valence-corrected chi connectivity index (χ1v) is 6.72. The molecule has 0 fully saturated rings. The Balaban J connectivity index is 2.13. The Hall–Kier alpha value is -2.14. The molecule has 2 rings (SSSR count). The summed E-state index contributed by atoms with van der Waals surface area (Å²) < 4.78 is 0. The molecule has 2 N–H and O–H groups in total. The van der Waals surface area contributed by atoms with Crippen LogP contribution in [0.1, 0.15) is 15.2 Å². The van der Waals surface area contributed by atoms with E-state index in [0.29, 0.717) is 5.56 Å². The number of amides is 1. The number of benzene rings is 1. The first-order chi connectivity index (χ1) is 9.24. The number of carbonyl (C=O) groups is 1. The minimum absolute atomic E-state index is 0.0887. The van der Waals surface area contributed by atoms with Crippen molar-refractivity contribution in [2.45, 2.75) is 0 Å². The molecule has 0 aliphatic heterocycles. The highest BCUT2D eigenvalue weighted by molar-refractivity contribution is 7.12. The zero-order valence-electron chi connectivity index (χ0n) is 10.8. The fourth-order valence-electron chi connectivity index (χ4n) is 1.63. The van der Waals surface area contributed by atoms with Crippen molar-refractivity contribution in [1.29, 1.82) is 0 Å². The van der Waals surface area contributed by atoms with Gasteiger partial charge in [0.25, 0.3) is 5.91 Å². The molecule has 0 radical (unpaired) electrons. The summed E-state index contributed by atoms with van der Waals surface area (Å²) in [4.78, 5) is 16.8. The Kier molecular flexibility index (Phi) is 4.30. The van der Waals surface area contributed by atoms with Crippen LogP contribution in [0.25, 0.3) is 0 Å². The van der Waals surface area contributed by atoms with E-state index in [2.05, 4.69) is 15.6 Å². The zero-order chi connectivity index (χ0) is 13.7. The van der Waals surface area contributed by atoms with E-state index in [-0.39, 0.29) is 5.91 Å². The molecule has 0 aliphatic carbocycles. The molecular weight excluding hydrogens is 258 g/mol. The van der Waals surface area contributed by atoms with Gasteiger partial charge in [-0.3, -0.25) is 9.79 Å². The van der Waals surface area contributed by atoms with Crippen molar-refractivity contribution in [3.63, 3.8) is 0 Å². The fourth-order valence-corrected chi connectivity index (χ4v) is 2.34. The Bertz CT molecular complexity index is 573. The maximum Gasteiger partial charge on any atom is 0.251 e. The second-order valence-corrected chi connectivity index (χ2v) is 4.78. The summed E-state index contributed by atoms with van der Waals surface area (Å²) in [5.74, 6) is 0.733. The van der Waals surface area contributed by atoms with Gasteiger partial charge in [-0.25, -0.2) is 0 Å². The van der Waals surface area contributed by atoms with Crippen molar-refractivity contribution in [2.75, 3.05) is 19.4 Å². The van der Waals surface area contributed by atoms with Crippen LogP contribution in [0.5, 0.6) is 0 Å². The molecule has 98 valence electrons. The number of anilines is 1. The van der Waals surface area contributed by atoms with Crippen molar-refractivity contribution in [3.05, 3.63) is 52.2 Å². The molecule has 2 aromatic rings. The molecule has 1 aromatic heterocycles. The third kappa shape index (κ3) is 3.20. The minimum Gasteiger partial charge on any atom is -0.355 e. The van der Waals surface area contributed by atoms with Gasteiger partial charge in [0.1, 0.15) is 5.84 Å². The molecule has 0 atom stereocenters. The van der Waals surface area contributed by atoms with E-state index in [1.807, 2.05) is 29.6 Å². The number of amidine groups is 1. The lowest BCUT2D eigenvalue weighted by Crippen LogP contribution is -2.17. The molecular formula is C14H15N3OS. The van der Waals surface area contributed by atoms with Crippen molar-refractivity contribution in [2.24, 2.45) is 4.99 Å². The van der Waals surface area contributed by atoms with Gasteiger partial charge in [0.15, 0.2) is 0 Å².